The van der Waals surface area contributed by atoms with E-state index >= 15 is 0 Å². The second-order valence-corrected chi connectivity index (χ2v) is 7.37. The third-order valence-corrected chi connectivity index (χ3v) is 5.08. The normalized spacial score (nSPS) is 20.1. The number of hydrogen-bond acceptors (Lipinski definition) is 5. The Morgan fingerprint density at radius 1 is 1.36 bits per heavy atom. The number of sulfone groups is 1. The number of hydrogen-bond donors (Lipinski definition) is 2. The van der Waals surface area contributed by atoms with Crippen LogP contribution in [0.15, 0.2) is 24.3 Å². The molecule has 0 aliphatic carbocycles. The van der Waals surface area contributed by atoms with Gasteiger partial charge in [0, 0.05) is 11.6 Å². The van der Waals surface area contributed by atoms with Gasteiger partial charge in [0.1, 0.15) is 5.75 Å². The molecule has 0 bridgehead atoms. The number of carbonyl (C=O) groups is 2. The van der Waals surface area contributed by atoms with Crippen molar-refractivity contribution in [3.63, 3.8) is 0 Å². The second kappa shape index (κ2) is 6.78. The lowest BCUT2D eigenvalue weighted by Gasteiger charge is -2.23. The second-order valence-electron chi connectivity index (χ2n) is 5.14. The zero-order valence-corrected chi connectivity index (χ0v) is 12.6. The summed E-state index contributed by atoms with van der Waals surface area (Å²) in [5.41, 5.74) is 0.297. The number of carboxylic acid groups (broad SMARTS) is 1. The summed E-state index contributed by atoms with van der Waals surface area (Å²) in [4.78, 5) is 22.6. The minimum atomic E-state index is -3.09. The maximum absolute atomic E-state index is 12.1. The van der Waals surface area contributed by atoms with Crippen molar-refractivity contribution in [2.45, 2.75) is 18.9 Å². The molecule has 1 atom stereocenters. The number of carboxylic acids is 1. The van der Waals surface area contributed by atoms with Crippen molar-refractivity contribution in [2.75, 3.05) is 18.1 Å². The smallest absolute Gasteiger partial charge is 0.341 e. The molecule has 0 saturated carbocycles. The van der Waals surface area contributed by atoms with Crippen molar-refractivity contribution in [3.05, 3.63) is 29.8 Å². The van der Waals surface area contributed by atoms with E-state index in [2.05, 4.69) is 5.32 Å². The van der Waals surface area contributed by atoms with Crippen LogP contribution in [-0.4, -0.2) is 49.6 Å². The van der Waals surface area contributed by atoms with Gasteiger partial charge in [0.2, 0.25) is 0 Å². The molecule has 0 radical (unpaired) electrons. The molecule has 1 amide bonds. The van der Waals surface area contributed by atoms with Crippen LogP contribution < -0.4 is 10.1 Å². The highest BCUT2D eigenvalue weighted by Gasteiger charge is 2.26. The highest BCUT2D eigenvalue weighted by molar-refractivity contribution is 7.91. The lowest BCUT2D eigenvalue weighted by molar-refractivity contribution is -0.139. The van der Waals surface area contributed by atoms with Gasteiger partial charge in [-0.1, -0.05) is 6.07 Å². The van der Waals surface area contributed by atoms with Gasteiger partial charge < -0.3 is 15.2 Å². The zero-order valence-electron chi connectivity index (χ0n) is 11.8. The number of carbonyl (C=O) groups excluding carboxylic acids is 1. The molecule has 1 saturated heterocycles. The number of nitrogens with one attached hydrogen (secondary N) is 1. The number of ether oxygens (including phenoxy) is 1. The van der Waals surface area contributed by atoms with E-state index in [1.165, 1.54) is 6.07 Å². The van der Waals surface area contributed by atoms with E-state index in [4.69, 9.17) is 9.84 Å². The molecule has 8 heteroatoms. The van der Waals surface area contributed by atoms with Gasteiger partial charge in [-0.2, -0.15) is 0 Å². The van der Waals surface area contributed by atoms with Crippen molar-refractivity contribution >= 4 is 21.7 Å². The Morgan fingerprint density at radius 2 is 2.14 bits per heavy atom. The first-order valence-corrected chi connectivity index (χ1v) is 8.64. The average molecular weight is 327 g/mol. The van der Waals surface area contributed by atoms with Gasteiger partial charge in [-0.05, 0) is 31.0 Å². The summed E-state index contributed by atoms with van der Waals surface area (Å²) >= 11 is 0. The molecule has 1 unspecified atom stereocenters. The molecule has 120 valence electrons. The van der Waals surface area contributed by atoms with Gasteiger partial charge in [0.15, 0.2) is 16.4 Å². The molecule has 1 aromatic rings. The molecule has 2 N–H and O–H groups in total. The van der Waals surface area contributed by atoms with Crippen LogP contribution in [-0.2, 0) is 14.6 Å². The topological polar surface area (TPSA) is 110 Å². The Kier molecular flexibility index (Phi) is 5.02. The Labute approximate surface area is 128 Å². The van der Waals surface area contributed by atoms with E-state index in [1.807, 2.05) is 0 Å². The van der Waals surface area contributed by atoms with Crippen LogP contribution in [0.25, 0.3) is 0 Å². The molecule has 1 aromatic carbocycles. The molecule has 22 heavy (non-hydrogen) atoms. The van der Waals surface area contributed by atoms with Gasteiger partial charge >= 0.3 is 5.97 Å². The maximum atomic E-state index is 12.1. The van der Waals surface area contributed by atoms with Crippen molar-refractivity contribution in [3.8, 4) is 5.75 Å². The van der Waals surface area contributed by atoms with Crippen LogP contribution in [0, 0.1) is 0 Å². The van der Waals surface area contributed by atoms with Gasteiger partial charge in [-0.25, -0.2) is 13.2 Å². The molecular weight excluding hydrogens is 310 g/mol. The van der Waals surface area contributed by atoms with Gasteiger partial charge in [0.25, 0.3) is 5.91 Å². The van der Waals surface area contributed by atoms with Gasteiger partial charge in [0.05, 0.1) is 11.5 Å². The zero-order chi connectivity index (χ0) is 16.2. The Hall–Kier alpha value is -2.09. The number of amides is 1. The van der Waals surface area contributed by atoms with E-state index in [-0.39, 0.29) is 17.3 Å². The fourth-order valence-electron chi connectivity index (χ4n) is 2.28. The van der Waals surface area contributed by atoms with E-state index < -0.39 is 34.4 Å². The van der Waals surface area contributed by atoms with Gasteiger partial charge in [-0.3, -0.25) is 4.79 Å². The minimum Gasteiger partial charge on any atom is -0.482 e. The van der Waals surface area contributed by atoms with Crippen molar-refractivity contribution in [1.29, 1.82) is 0 Å². The standard InChI is InChI=1S/C14H17NO6S/c16-13(17)8-21-12-5-1-3-10(7-12)14(18)15-11-4-2-6-22(19,20)9-11/h1,3,5,7,11H,2,4,6,8-9H2,(H,15,18)(H,16,17). The number of aliphatic carboxylic acids is 1. The van der Waals surface area contributed by atoms with Crippen LogP contribution in [0.3, 0.4) is 0 Å². The summed E-state index contributed by atoms with van der Waals surface area (Å²) in [6, 6.07) is 5.71. The summed E-state index contributed by atoms with van der Waals surface area (Å²) in [5.74, 6) is -1.12. The van der Waals surface area contributed by atoms with Gasteiger partial charge in [-0.15, -0.1) is 0 Å². The third kappa shape index (κ3) is 4.73. The maximum Gasteiger partial charge on any atom is 0.341 e. The molecule has 0 spiro atoms. The first-order chi connectivity index (χ1) is 10.4. The van der Waals surface area contributed by atoms with E-state index in [9.17, 15) is 18.0 Å². The summed E-state index contributed by atoms with van der Waals surface area (Å²) < 4.78 is 28.1. The predicted molar refractivity (Wildman–Crippen MR) is 78.7 cm³/mol. The summed E-state index contributed by atoms with van der Waals surface area (Å²) in [5, 5.41) is 11.3. The fraction of sp³-hybridized carbons (Fsp3) is 0.429. The molecule has 1 aliphatic heterocycles. The predicted octanol–water partition coefficient (Wildman–Crippen LogP) is 0.457. The van der Waals surface area contributed by atoms with Crippen molar-refractivity contribution in [2.24, 2.45) is 0 Å². The first-order valence-electron chi connectivity index (χ1n) is 6.82. The summed E-state index contributed by atoms with van der Waals surface area (Å²) in [6.07, 6.45) is 1.16. The molecule has 1 heterocycles. The molecular formula is C14H17NO6S. The largest absolute Gasteiger partial charge is 0.482 e. The fourth-order valence-corrected chi connectivity index (χ4v) is 3.91. The summed E-state index contributed by atoms with van der Waals surface area (Å²) in [6.45, 7) is -0.494. The summed E-state index contributed by atoms with van der Waals surface area (Å²) in [7, 11) is -3.09. The third-order valence-electron chi connectivity index (χ3n) is 3.26. The van der Waals surface area contributed by atoms with E-state index in [0.29, 0.717) is 18.4 Å². The Balaban J connectivity index is 2.00. The SMILES string of the molecule is O=C(O)COc1cccc(C(=O)NC2CCCS(=O)(=O)C2)c1. The van der Waals surface area contributed by atoms with Crippen LogP contribution in [0.5, 0.6) is 5.75 Å². The van der Waals surface area contributed by atoms with Crippen molar-refractivity contribution < 1.29 is 27.9 Å². The Bertz CT molecular complexity index is 670. The van der Waals surface area contributed by atoms with E-state index in [1.54, 1.807) is 18.2 Å². The number of rotatable bonds is 5. The quantitative estimate of drug-likeness (QED) is 0.813. The molecule has 1 aliphatic rings. The highest BCUT2D eigenvalue weighted by atomic mass is 32.2. The van der Waals surface area contributed by atoms with Crippen LogP contribution in [0.2, 0.25) is 0 Å². The Morgan fingerprint density at radius 3 is 2.82 bits per heavy atom. The van der Waals surface area contributed by atoms with Crippen LogP contribution >= 0.6 is 0 Å². The van der Waals surface area contributed by atoms with Crippen LogP contribution in [0.4, 0.5) is 0 Å². The highest BCUT2D eigenvalue weighted by Crippen LogP contribution is 2.15. The van der Waals surface area contributed by atoms with Crippen LogP contribution in [0.1, 0.15) is 23.2 Å². The first kappa shape index (κ1) is 16.3. The monoisotopic (exact) mass is 327 g/mol. The molecule has 7 nitrogen and oxygen atoms in total. The van der Waals surface area contributed by atoms with E-state index in [0.717, 1.165) is 0 Å². The lowest BCUT2D eigenvalue weighted by atomic mass is 10.1. The minimum absolute atomic E-state index is 0.0477. The number of benzene rings is 1. The molecule has 1 fully saturated rings. The molecule has 0 aromatic heterocycles. The molecule has 2 rings (SSSR count). The lowest BCUT2D eigenvalue weighted by Crippen LogP contribution is -2.43. The van der Waals surface area contributed by atoms with Crippen molar-refractivity contribution in [1.82, 2.24) is 5.32 Å². The average Bonchev–Trinajstić information content (AvgIpc) is 2.44.